The van der Waals surface area contributed by atoms with Crippen LogP contribution in [0.3, 0.4) is 0 Å². The fraction of sp³-hybridized carbons (Fsp3) is 0.286. The first-order valence-corrected chi connectivity index (χ1v) is 9.56. The molecule has 8 heteroatoms. The summed E-state index contributed by atoms with van der Waals surface area (Å²) in [5.74, 6) is -0.632. The number of carbonyl (C=O) groups excluding carboxylic acids is 3. The lowest BCUT2D eigenvalue weighted by Gasteiger charge is -2.13. The molecule has 3 aromatic rings. The van der Waals surface area contributed by atoms with Gasteiger partial charge in [0.1, 0.15) is 6.04 Å². The number of benzene rings is 1. The highest BCUT2D eigenvalue weighted by atomic mass is 16.2. The summed E-state index contributed by atoms with van der Waals surface area (Å²) < 4.78 is 1.91. The number of hydrogen-bond acceptors (Lipinski definition) is 3. The molecule has 0 spiro atoms. The number of aromatic nitrogens is 2. The Morgan fingerprint density at radius 3 is 2.79 bits per heavy atom. The summed E-state index contributed by atoms with van der Waals surface area (Å²) in [7, 11) is 1.90. The molecule has 0 bridgehead atoms. The first-order chi connectivity index (χ1) is 14.0. The largest absolute Gasteiger partial charge is 0.361 e. The number of H-pyrrole nitrogens is 1. The summed E-state index contributed by atoms with van der Waals surface area (Å²) in [4.78, 5) is 41.4. The van der Waals surface area contributed by atoms with Gasteiger partial charge in [-0.2, -0.15) is 0 Å². The smallest absolute Gasteiger partial charge is 0.324 e. The Hall–Kier alpha value is -3.55. The van der Waals surface area contributed by atoms with Crippen molar-refractivity contribution in [2.45, 2.75) is 25.4 Å². The van der Waals surface area contributed by atoms with Crippen LogP contribution < -0.4 is 10.6 Å². The number of hydrogen-bond donors (Lipinski definition) is 3. The van der Waals surface area contributed by atoms with E-state index in [0.29, 0.717) is 13.0 Å². The number of aromatic amines is 1. The molecule has 3 heterocycles. The molecule has 29 heavy (non-hydrogen) atoms. The molecular weight excluding hydrogens is 370 g/mol. The lowest BCUT2D eigenvalue weighted by atomic mass is 10.1. The van der Waals surface area contributed by atoms with Crippen LogP contribution in [0.5, 0.6) is 0 Å². The number of nitrogens with zero attached hydrogens (tertiary/aromatic N) is 2. The van der Waals surface area contributed by atoms with E-state index < -0.39 is 12.1 Å². The van der Waals surface area contributed by atoms with Crippen LogP contribution in [0.2, 0.25) is 0 Å². The fourth-order valence-corrected chi connectivity index (χ4v) is 3.62. The summed E-state index contributed by atoms with van der Waals surface area (Å²) >= 11 is 0. The normalized spacial score (nSPS) is 16.4. The Bertz CT molecular complexity index is 1070. The SMILES string of the molecule is Cn1cccc1CNC(=O)C[C@@H]1NC(=O)N(CCc2c[nH]c3ccccc23)C1=O. The quantitative estimate of drug-likeness (QED) is 0.533. The highest BCUT2D eigenvalue weighted by molar-refractivity contribution is 6.05. The minimum Gasteiger partial charge on any atom is -0.361 e. The van der Waals surface area contributed by atoms with Crippen LogP contribution in [0.25, 0.3) is 10.9 Å². The Balaban J connectivity index is 1.32. The monoisotopic (exact) mass is 393 g/mol. The van der Waals surface area contributed by atoms with E-state index in [4.69, 9.17) is 0 Å². The van der Waals surface area contributed by atoms with Crippen LogP contribution in [0, 0.1) is 0 Å². The second-order valence-electron chi connectivity index (χ2n) is 7.19. The van der Waals surface area contributed by atoms with E-state index >= 15 is 0 Å². The van der Waals surface area contributed by atoms with Crippen LogP contribution in [-0.4, -0.2) is 44.9 Å². The van der Waals surface area contributed by atoms with Crippen molar-refractivity contribution in [3.63, 3.8) is 0 Å². The Morgan fingerprint density at radius 2 is 2.00 bits per heavy atom. The van der Waals surface area contributed by atoms with Crippen molar-refractivity contribution < 1.29 is 14.4 Å². The highest BCUT2D eigenvalue weighted by Gasteiger charge is 2.38. The molecule has 1 atom stereocenters. The predicted octanol–water partition coefficient (Wildman–Crippen LogP) is 1.68. The van der Waals surface area contributed by atoms with Gasteiger partial charge in [0, 0.05) is 42.6 Å². The van der Waals surface area contributed by atoms with Gasteiger partial charge in [0.15, 0.2) is 0 Å². The Labute approximate surface area is 167 Å². The van der Waals surface area contributed by atoms with Crippen LogP contribution >= 0.6 is 0 Å². The molecular formula is C21H23N5O3. The first-order valence-electron chi connectivity index (χ1n) is 9.56. The molecule has 3 N–H and O–H groups in total. The molecule has 1 aliphatic rings. The third kappa shape index (κ3) is 3.87. The molecule has 1 aliphatic heterocycles. The van der Waals surface area contributed by atoms with Gasteiger partial charge < -0.3 is 20.2 Å². The zero-order valence-electron chi connectivity index (χ0n) is 16.1. The van der Waals surface area contributed by atoms with E-state index in [1.54, 1.807) is 0 Å². The van der Waals surface area contributed by atoms with Gasteiger partial charge in [-0.25, -0.2) is 4.79 Å². The summed E-state index contributed by atoms with van der Waals surface area (Å²) in [6, 6.07) is 10.4. The number of carbonyl (C=O) groups is 3. The molecule has 0 saturated carbocycles. The summed E-state index contributed by atoms with van der Waals surface area (Å²) in [6.45, 7) is 0.648. The van der Waals surface area contributed by atoms with Gasteiger partial charge in [-0.1, -0.05) is 18.2 Å². The molecule has 4 rings (SSSR count). The van der Waals surface area contributed by atoms with Crippen LogP contribution in [0.4, 0.5) is 4.79 Å². The molecule has 1 aromatic carbocycles. The number of urea groups is 1. The third-order valence-electron chi connectivity index (χ3n) is 5.29. The molecule has 150 valence electrons. The zero-order chi connectivity index (χ0) is 20.4. The maximum absolute atomic E-state index is 12.6. The minimum absolute atomic E-state index is 0.0709. The van der Waals surface area contributed by atoms with E-state index in [-0.39, 0.29) is 24.8 Å². The molecule has 0 aliphatic carbocycles. The number of amides is 4. The van der Waals surface area contributed by atoms with Crippen molar-refractivity contribution in [1.29, 1.82) is 0 Å². The number of nitrogens with one attached hydrogen (secondary N) is 3. The van der Waals surface area contributed by atoms with Gasteiger partial charge in [0.2, 0.25) is 5.91 Å². The Kier molecular flexibility index (Phi) is 5.07. The summed E-state index contributed by atoms with van der Waals surface area (Å²) in [6.07, 6.45) is 4.28. The number of rotatable bonds is 7. The van der Waals surface area contributed by atoms with Gasteiger partial charge >= 0.3 is 6.03 Å². The molecule has 0 radical (unpaired) electrons. The average Bonchev–Trinajstić information content (AvgIpc) is 3.38. The van der Waals surface area contributed by atoms with E-state index in [0.717, 1.165) is 22.2 Å². The molecule has 2 aromatic heterocycles. The van der Waals surface area contributed by atoms with E-state index in [9.17, 15) is 14.4 Å². The van der Waals surface area contributed by atoms with E-state index in [1.807, 2.05) is 60.4 Å². The topological polar surface area (TPSA) is 99.2 Å². The Morgan fingerprint density at radius 1 is 1.17 bits per heavy atom. The molecule has 8 nitrogen and oxygen atoms in total. The van der Waals surface area contributed by atoms with Gasteiger partial charge in [-0.15, -0.1) is 0 Å². The minimum atomic E-state index is -0.820. The van der Waals surface area contributed by atoms with E-state index in [1.165, 1.54) is 4.90 Å². The van der Waals surface area contributed by atoms with E-state index in [2.05, 4.69) is 15.6 Å². The average molecular weight is 393 g/mol. The van der Waals surface area contributed by atoms with Crippen molar-refractivity contribution in [2.24, 2.45) is 7.05 Å². The molecule has 0 unspecified atom stereocenters. The molecule has 4 amide bonds. The highest BCUT2D eigenvalue weighted by Crippen LogP contribution is 2.19. The first kappa shape index (κ1) is 18.8. The standard InChI is InChI=1S/C21H23N5O3/c1-25-9-4-5-15(25)13-23-19(27)11-18-20(28)26(21(29)24-18)10-8-14-12-22-17-7-3-2-6-16(14)17/h2-7,9,12,18,22H,8,10-11,13H2,1H3,(H,23,27)(H,24,29)/t18-/m0/s1. The van der Waals surface area contributed by atoms with Crippen molar-refractivity contribution >= 4 is 28.7 Å². The summed E-state index contributed by atoms with van der Waals surface area (Å²) in [5.41, 5.74) is 3.03. The van der Waals surface area contributed by atoms with Crippen molar-refractivity contribution in [3.05, 3.63) is 60.0 Å². The maximum atomic E-state index is 12.6. The number of imide groups is 1. The van der Waals surface area contributed by atoms with Crippen LogP contribution in [0.1, 0.15) is 17.7 Å². The second kappa shape index (κ2) is 7.83. The van der Waals surface area contributed by atoms with Gasteiger partial charge in [0.05, 0.1) is 13.0 Å². The van der Waals surface area contributed by atoms with Crippen molar-refractivity contribution in [1.82, 2.24) is 25.1 Å². The predicted molar refractivity (Wildman–Crippen MR) is 108 cm³/mol. The van der Waals surface area contributed by atoms with Gasteiger partial charge in [-0.05, 0) is 30.2 Å². The van der Waals surface area contributed by atoms with Crippen LogP contribution in [0.15, 0.2) is 48.8 Å². The molecule has 1 saturated heterocycles. The van der Waals surface area contributed by atoms with Crippen molar-refractivity contribution in [3.8, 4) is 0 Å². The maximum Gasteiger partial charge on any atom is 0.324 e. The fourth-order valence-electron chi connectivity index (χ4n) is 3.62. The lowest BCUT2D eigenvalue weighted by molar-refractivity contribution is -0.130. The molecule has 1 fully saturated rings. The van der Waals surface area contributed by atoms with Crippen molar-refractivity contribution in [2.75, 3.05) is 6.54 Å². The third-order valence-corrected chi connectivity index (χ3v) is 5.29. The number of para-hydroxylation sites is 1. The summed E-state index contributed by atoms with van der Waals surface area (Å²) in [5, 5.41) is 6.49. The zero-order valence-corrected chi connectivity index (χ0v) is 16.1. The lowest BCUT2D eigenvalue weighted by Crippen LogP contribution is -2.36. The van der Waals surface area contributed by atoms with Gasteiger partial charge in [-0.3, -0.25) is 14.5 Å². The van der Waals surface area contributed by atoms with Gasteiger partial charge in [0.25, 0.3) is 5.91 Å². The number of aryl methyl sites for hydroxylation is 1. The number of fused-ring (bicyclic) bond motifs is 1. The van der Waals surface area contributed by atoms with Crippen LogP contribution in [-0.2, 0) is 29.6 Å². The second-order valence-corrected chi connectivity index (χ2v) is 7.19.